The van der Waals surface area contributed by atoms with E-state index in [1.165, 1.54) is 51.4 Å². The van der Waals surface area contributed by atoms with Gasteiger partial charge in [0, 0.05) is 11.8 Å². The van der Waals surface area contributed by atoms with Crippen molar-refractivity contribution in [3.8, 4) is 0 Å². The van der Waals surface area contributed by atoms with E-state index in [9.17, 15) is 9.59 Å². The number of allylic oxidation sites excluding steroid dienone is 2. The highest BCUT2D eigenvalue weighted by Crippen LogP contribution is 2.75. The molecule has 5 aliphatic rings. The summed E-state index contributed by atoms with van der Waals surface area (Å²) in [6.07, 6.45) is 13.8. The predicted octanol–water partition coefficient (Wildman–Crippen LogP) is 3.55. The Hall–Kier alpha value is -0.920. The minimum absolute atomic E-state index is 0.0700. The van der Waals surface area contributed by atoms with Crippen LogP contribution in [0.3, 0.4) is 0 Å². The van der Waals surface area contributed by atoms with Gasteiger partial charge < -0.3 is 0 Å². The molecule has 5 aliphatic carbocycles. The molecule has 2 nitrogen and oxygen atoms in total. The van der Waals surface area contributed by atoms with Gasteiger partial charge in [-0.3, -0.25) is 9.59 Å². The Balaban J connectivity index is 1.62. The fourth-order valence-corrected chi connectivity index (χ4v) is 7.19. The molecule has 4 bridgehead atoms. The first-order chi connectivity index (χ1) is 10.2. The third-order valence-electron chi connectivity index (χ3n) is 7.84. The molecule has 0 aromatic carbocycles. The van der Waals surface area contributed by atoms with Crippen LogP contribution in [0.5, 0.6) is 0 Å². The van der Waals surface area contributed by atoms with Gasteiger partial charge in [-0.05, 0) is 66.9 Å². The summed E-state index contributed by atoms with van der Waals surface area (Å²) in [7, 11) is 0. The molecule has 0 unspecified atom stereocenters. The number of carbonyl (C=O) groups excluding carboxylic acids is 2. The van der Waals surface area contributed by atoms with Crippen molar-refractivity contribution in [3.63, 3.8) is 0 Å². The van der Waals surface area contributed by atoms with Gasteiger partial charge in [-0.25, -0.2) is 0 Å². The van der Waals surface area contributed by atoms with Crippen molar-refractivity contribution >= 4 is 11.6 Å². The second kappa shape index (κ2) is 4.08. The Morgan fingerprint density at radius 3 is 1.71 bits per heavy atom. The standard InChI is InChI=1S/C19H24O2/c20-15-7-8-16(21)18-17(15)19(18)13-5-1-3-11(9-13)12-4-2-6-14(19)10-12/h7-8,11-14,17-18H,1-6,9-10H2/t11-,12+,13-,14+,17-,18-/m0/s1. The van der Waals surface area contributed by atoms with Gasteiger partial charge in [0.05, 0.1) is 0 Å². The van der Waals surface area contributed by atoms with Gasteiger partial charge in [-0.2, -0.15) is 0 Å². The minimum Gasteiger partial charge on any atom is -0.294 e. The van der Waals surface area contributed by atoms with Crippen molar-refractivity contribution in [1.29, 1.82) is 0 Å². The van der Waals surface area contributed by atoms with Crippen LogP contribution >= 0.6 is 0 Å². The van der Waals surface area contributed by atoms with Crippen LogP contribution in [0.2, 0.25) is 0 Å². The van der Waals surface area contributed by atoms with Crippen LogP contribution in [-0.2, 0) is 9.59 Å². The van der Waals surface area contributed by atoms with E-state index in [1.54, 1.807) is 12.2 Å². The first-order valence-corrected chi connectivity index (χ1v) is 8.98. The summed E-state index contributed by atoms with van der Waals surface area (Å²) in [4.78, 5) is 24.9. The van der Waals surface area contributed by atoms with Crippen LogP contribution in [0.1, 0.15) is 51.4 Å². The lowest BCUT2D eigenvalue weighted by Gasteiger charge is -2.36. The molecule has 4 fully saturated rings. The molecular formula is C19H24O2. The third kappa shape index (κ3) is 1.44. The number of rotatable bonds is 0. The molecule has 0 heterocycles. The number of carbonyl (C=O) groups is 2. The monoisotopic (exact) mass is 284 g/mol. The van der Waals surface area contributed by atoms with Gasteiger partial charge in [0.25, 0.3) is 0 Å². The van der Waals surface area contributed by atoms with Crippen molar-refractivity contribution in [1.82, 2.24) is 0 Å². The molecule has 0 saturated heterocycles. The summed E-state index contributed by atoms with van der Waals surface area (Å²) in [6.45, 7) is 0. The summed E-state index contributed by atoms with van der Waals surface area (Å²) < 4.78 is 0. The first kappa shape index (κ1) is 12.6. The van der Waals surface area contributed by atoms with E-state index in [0.717, 1.165) is 11.8 Å². The minimum atomic E-state index is 0.0700. The molecule has 5 rings (SSSR count). The molecule has 4 saturated carbocycles. The lowest BCUT2D eigenvalue weighted by atomic mass is 9.68. The highest BCUT2D eigenvalue weighted by molar-refractivity contribution is 6.12. The normalized spacial score (nSPS) is 54.3. The van der Waals surface area contributed by atoms with E-state index in [-0.39, 0.29) is 28.8 Å². The van der Waals surface area contributed by atoms with E-state index in [2.05, 4.69) is 0 Å². The molecule has 1 spiro atoms. The molecular weight excluding hydrogens is 260 g/mol. The summed E-state index contributed by atoms with van der Waals surface area (Å²) in [5, 5.41) is 0. The lowest BCUT2D eigenvalue weighted by Crippen LogP contribution is -2.31. The van der Waals surface area contributed by atoms with Crippen molar-refractivity contribution in [3.05, 3.63) is 12.2 Å². The van der Waals surface area contributed by atoms with Crippen molar-refractivity contribution in [2.75, 3.05) is 0 Å². The molecule has 0 radical (unpaired) electrons. The van der Waals surface area contributed by atoms with E-state index in [4.69, 9.17) is 0 Å². The van der Waals surface area contributed by atoms with Crippen LogP contribution in [0, 0.1) is 40.9 Å². The van der Waals surface area contributed by atoms with Gasteiger partial charge in [-0.1, -0.05) is 25.7 Å². The summed E-state index contributed by atoms with van der Waals surface area (Å²) in [5.74, 6) is 3.79. The Morgan fingerprint density at radius 2 is 1.24 bits per heavy atom. The quantitative estimate of drug-likeness (QED) is 0.681. The summed E-state index contributed by atoms with van der Waals surface area (Å²) in [6, 6.07) is 0. The molecule has 0 aliphatic heterocycles. The number of hydrogen-bond acceptors (Lipinski definition) is 2. The SMILES string of the molecule is O=C1C=CC(=O)[C@H]2[C@H]1C21[C@@H]2CCC[C@H](C2)[C@H]2CCC[C@H]1C2. The smallest absolute Gasteiger partial charge is 0.160 e. The van der Waals surface area contributed by atoms with Crippen LogP contribution in [0.15, 0.2) is 12.2 Å². The van der Waals surface area contributed by atoms with Gasteiger partial charge in [0.2, 0.25) is 0 Å². The zero-order chi connectivity index (χ0) is 14.2. The second-order valence-corrected chi connectivity index (χ2v) is 8.34. The van der Waals surface area contributed by atoms with Gasteiger partial charge in [0.15, 0.2) is 11.6 Å². The van der Waals surface area contributed by atoms with Crippen LogP contribution < -0.4 is 0 Å². The maximum Gasteiger partial charge on any atom is 0.160 e. The predicted molar refractivity (Wildman–Crippen MR) is 79.5 cm³/mol. The molecule has 112 valence electrons. The van der Waals surface area contributed by atoms with Gasteiger partial charge >= 0.3 is 0 Å². The number of hydrogen-bond donors (Lipinski definition) is 0. The lowest BCUT2D eigenvalue weighted by molar-refractivity contribution is -0.121. The van der Waals surface area contributed by atoms with E-state index in [0.29, 0.717) is 11.8 Å². The highest BCUT2D eigenvalue weighted by Gasteiger charge is 2.76. The molecule has 0 N–H and O–H groups in total. The second-order valence-electron chi connectivity index (χ2n) is 8.34. The van der Waals surface area contributed by atoms with Crippen LogP contribution in [-0.4, -0.2) is 11.6 Å². The molecule has 21 heavy (non-hydrogen) atoms. The Bertz CT molecular complexity index is 498. The number of fused-ring (bicyclic) bond motifs is 10. The van der Waals surface area contributed by atoms with E-state index in [1.807, 2.05) is 0 Å². The Kier molecular flexibility index (Phi) is 2.45. The molecule has 0 aromatic rings. The maximum absolute atomic E-state index is 12.4. The summed E-state index contributed by atoms with van der Waals surface area (Å²) in [5.41, 5.74) is 0.0888. The maximum atomic E-state index is 12.4. The molecule has 2 heteroatoms. The zero-order valence-electron chi connectivity index (χ0n) is 12.6. The average molecular weight is 284 g/mol. The first-order valence-electron chi connectivity index (χ1n) is 8.98. The molecule has 0 amide bonds. The van der Waals surface area contributed by atoms with E-state index >= 15 is 0 Å². The Labute approximate surface area is 126 Å². The van der Waals surface area contributed by atoms with Crippen LogP contribution in [0.25, 0.3) is 0 Å². The van der Waals surface area contributed by atoms with Gasteiger partial charge in [-0.15, -0.1) is 0 Å². The fourth-order valence-electron chi connectivity index (χ4n) is 7.19. The topological polar surface area (TPSA) is 34.1 Å². The average Bonchev–Trinajstić information content (AvgIpc) is 3.24. The molecule has 6 atom stereocenters. The van der Waals surface area contributed by atoms with Crippen molar-refractivity contribution < 1.29 is 9.59 Å². The highest BCUT2D eigenvalue weighted by atomic mass is 16.1. The fraction of sp³-hybridized carbons (Fsp3) is 0.789. The largest absolute Gasteiger partial charge is 0.294 e. The van der Waals surface area contributed by atoms with Crippen molar-refractivity contribution in [2.45, 2.75) is 51.4 Å². The van der Waals surface area contributed by atoms with Crippen LogP contribution in [0.4, 0.5) is 0 Å². The third-order valence-corrected chi connectivity index (χ3v) is 7.84. The van der Waals surface area contributed by atoms with E-state index < -0.39 is 0 Å². The number of ketones is 2. The zero-order valence-corrected chi connectivity index (χ0v) is 12.6. The van der Waals surface area contributed by atoms with Crippen molar-refractivity contribution in [2.24, 2.45) is 40.9 Å². The summed E-state index contributed by atoms with van der Waals surface area (Å²) >= 11 is 0. The molecule has 0 aromatic heterocycles. The Morgan fingerprint density at radius 1 is 0.762 bits per heavy atom. The van der Waals surface area contributed by atoms with Gasteiger partial charge in [0.1, 0.15) is 0 Å².